The number of rotatable bonds is 2. The average molecular weight is 589 g/mol. The van der Waals surface area contributed by atoms with Crippen molar-refractivity contribution in [1.82, 2.24) is 4.57 Å². The van der Waals surface area contributed by atoms with Gasteiger partial charge in [0.1, 0.15) is 0 Å². The molecule has 180 valence electrons. The summed E-state index contributed by atoms with van der Waals surface area (Å²) in [6.07, 6.45) is 0. The lowest BCUT2D eigenvalue weighted by Crippen LogP contribution is -1.94. The molecule has 0 amide bonds. The molecule has 0 saturated carbocycles. The van der Waals surface area contributed by atoms with E-state index in [2.05, 4.69) is 130 Å². The maximum atomic E-state index is 6.56. The second-order valence-electron chi connectivity index (χ2n) is 9.63. The molecular weight excluding hydrogens is 570 g/mol. The molecule has 0 spiro atoms. The molecule has 1 nitrogen and oxygen atoms in total. The van der Waals surface area contributed by atoms with E-state index in [0.717, 1.165) is 15.1 Å². The molecular formula is C34H19BrClNS. The number of halogens is 2. The number of hydrogen-bond donors (Lipinski definition) is 0. The van der Waals surface area contributed by atoms with Crippen LogP contribution in [0, 0.1) is 0 Å². The van der Waals surface area contributed by atoms with E-state index in [1.54, 1.807) is 0 Å². The number of hydrogen-bond acceptors (Lipinski definition) is 1. The van der Waals surface area contributed by atoms with Gasteiger partial charge >= 0.3 is 0 Å². The van der Waals surface area contributed by atoms with Gasteiger partial charge in [0.15, 0.2) is 0 Å². The van der Waals surface area contributed by atoms with E-state index in [4.69, 9.17) is 11.6 Å². The van der Waals surface area contributed by atoms with Crippen molar-refractivity contribution in [3.05, 3.63) is 125 Å². The van der Waals surface area contributed by atoms with Gasteiger partial charge in [0.2, 0.25) is 0 Å². The molecule has 2 heterocycles. The van der Waals surface area contributed by atoms with Gasteiger partial charge in [-0.15, -0.1) is 11.3 Å². The predicted molar refractivity (Wildman–Crippen MR) is 169 cm³/mol. The van der Waals surface area contributed by atoms with Crippen molar-refractivity contribution < 1.29 is 0 Å². The van der Waals surface area contributed by atoms with E-state index >= 15 is 0 Å². The Balaban J connectivity index is 1.69. The van der Waals surface area contributed by atoms with Gasteiger partial charge in [-0.05, 0) is 53.4 Å². The molecule has 0 aliphatic heterocycles. The lowest BCUT2D eigenvalue weighted by Gasteiger charge is -2.12. The van der Waals surface area contributed by atoms with Crippen LogP contribution in [0.15, 0.2) is 120 Å². The Kier molecular flexibility index (Phi) is 4.97. The monoisotopic (exact) mass is 587 g/mol. The summed E-state index contributed by atoms with van der Waals surface area (Å²) in [5.74, 6) is 0. The minimum Gasteiger partial charge on any atom is -0.308 e. The number of thiophene rings is 1. The van der Waals surface area contributed by atoms with Gasteiger partial charge in [-0.1, -0.05) is 100 Å². The highest BCUT2D eigenvalue weighted by Crippen LogP contribution is 2.48. The number of nitrogens with zero attached hydrogens (tertiary/aromatic N) is 1. The van der Waals surface area contributed by atoms with Crippen LogP contribution in [0.2, 0.25) is 5.02 Å². The normalized spacial score (nSPS) is 11.9. The van der Waals surface area contributed by atoms with Gasteiger partial charge in [-0.2, -0.15) is 0 Å². The molecule has 8 rings (SSSR count). The summed E-state index contributed by atoms with van der Waals surface area (Å²) in [7, 11) is 0. The lowest BCUT2D eigenvalue weighted by atomic mass is 9.98. The number of aromatic nitrogens is 1. The van der Waals surface area contributed by atoms with Crippen LogP contribution in [0.3, 0.4) is 0 Å². The Bertz CT molecular complexity index is 2190. The Morgan fingerprint density at radius 2 is 1.39 bits per heavy atom. The van der Waals surface area contributed by atoms with Crippen molar-refractivity contribution in [2.45, 2.75) is 0 Å². The van der Waals surface area contributed by atoms with Crippen LogP contribution >= 0.6 is 38.9 Å². The van der Waals surface area contributed by atoms with E-state index < -0.39 is 0 Å². The van der Waals surface area contributed by atoms with Crippen molar-refractivity contribution in [2.75, 3.05) is 0 Å². The van der Waals surface area contributed by atoms with Crippen molar-refractivity contribution in [3.8, 4) is 16.8 Å². The molecule has 8 aromatic rings. The van der Waals surface area contributed by atoms with Crippen LogP contribution in [-0.2, 0) is 0 Å². The summed E-state index contributed by atoms with van der Waals surface area (Å²) in [5, 5.41) is 8.29. The van der Waals surface area contributed by atoms with Crippen LogP contribution in [0.4, 0.5) is 0 Å². The predicted octanol–water partition coefficient (Wildman–Crippen LogP) is 11.4. The molecule has 0 aliphatic rings. The summed E-state index contributed by atoms with van der Waals surface area (Å²) >= 11 is 12.1. The van der Waals surface area contributed by atoms with Crippen molar-refractivity contribution in [1.29, 1.82) is 0 Å². The largest absolute Gasteiger partial charge is 0.308 e. The van der Waals surface area contributed by atoms with E-state index in [1.165, 1.54) is 64.0 Å². The average Bonchev–Trinajstić information content (AvgIpc) is 3.48. The fourth-order valence-corrected chi connectivity index (χ4v) is 8.01. The van der Waals surface area contributed by atoms with E-state index in [9.17, 15) is 0 Å². The number of para-hydroxylation sites is 1. The second-order valence-corrected chi connectivity index (χ2v) is 12.0. The van der Waals surface area contributed by atoms with Crippen LogP contribution in [0.1, 0.15) is 0 Å². The molecule has 0 atom stereocenters. The van der Waals surface area contributed by atoms with Crippen LogP contribution in [0.25, 0.3) is 69.6 Å². The SMILES string of the molecule is Clc1cc(Br)cc(-c2cc3c4ccc5ccccc5c4n(-c4ccccc4)c3c3c2sc2ccccc23)c1. The Labute approximate surface area is 236 Å². The molecule has 0 bridgehead atoms. The smallest absolute Gasteiger partial charge is 0.0634 e. The summed E-state index contributed by atoms with van der Waals surface area (Å²) < 4.78 is 6.02. The zero-order valence-corrected chi connectivity index (χ0v) is 23.2. The quantitative estimate of drug-likeness (QED) is 0.189. The van der Waals surface area contributed by atoms with Crippen LogP contribution in [-0.4, -0.2) is 4.57 Å². The van der Waals surface area contributed by atoms with Crippen molar-refractivity contribution in [3.63, 3.8) is 0 Å². The molecule has 0 saturated heterocycles. The van der Waals surface area contributed by atoms with Crippen molar-refractivity contribution in [2.24, 2.45) is 0 Å². The minimum absolute atomic E-state index is 0.724. The van der Waals surface area contributed by atoms with Crippen LogP contribution < -0.4 is 0 Å². The summed E-state index contributed by atoms with van der Waals surface area (Å²) in [4.78, 5) is 0. The molecule has 0 N–H and O–H groups in total. The summed E-state index contributed by atoms with van der Waals surface area (Å²) in [6, 6.07) is 41.3. The molecule has 38 heavy (non-hydrogen) atoms. The third-order valence-electron chi connectivity index (χ3n) is 7.45. The number of fused-ring (bicyclic) bond motifs is 9. The van der Waals surface area contributed by atoms with E-state index in [1.807, 2.05) is 17.4 Å². The first-order chi connectivity index (χ1) is 18.7. The highest BCUT2D eigenvalue weighted by Gasteiger charge is 2.22. The van der Waals surface area contributed by atoms with Gasteiger partial charge in [0, 0.05) is 57.1 Å². The van der Waals surface area contributed by atoms with Gasteiger partial charge in [0.05, 0.1) is 11.0 Å². The fraction of sp³-hybridized carbons (Fsp3) is 0. The Hall–Kier alpha value is -3.63. The highest BCUT2D eigenvalue weighted by molar-refractivity contribution is 9.10. The van der Waals surface area contributed by atoms with Crippen LogP contribution in [0.5, 0.6) is 0 Å². The fourth-order valence-electron chi connectivity index (χ4n) is 5.90. The maximum Gasteiger partial charge on any atom is 0.0634 e. The first-order valence-electron chi connectivity index (χ1n) is 12.5. The first-order valence-corrected chi connectivity index (χ1v) is 14.5. The minimum atomic E-state index is 0.724. The lowest BCUT2D eigenvalue weighted by molar-refractivity contribution is 1.19. The number of benzene rings is 6. The molecule has 4 heteroatoms. The molecule has 0 aliphatic carbocycles. The topological polar surface area (TPSA) is 4.93 Å². The third-order valence-corrected chi connectivity index (χ3v) is 9.33. The standard InChI is InChI=1S/C34H19BrClNS/c35-22-16-21(17-23(36)18-22)28-19-29-26-15-14-20-8-4-5-11-25(20)32(26)37(24-9-2-1-3-10-24)33(29)31-27-12-6-7-13-30(27)38-34(28)31/h1-19H. The summed E-state index contributed by atoms with van der Waals surface area (Å²) in [5.41, 5.74) is 5.98. The zero-order chi connectivity index (χ0) is 25.4. The zero-order valence-electron chi connectivity index (χ0n) is 20.1. The molecule has 2 aromatic heterocycles. The Morgan fingerprint density at radius 1 is 0.632 bits per heavy atom. The molecule has 0 fully saturated rings. The van der Waals surface area contributed by atoms with Gasteiger partial charge in [0.25, 0.3) is 0 Å². The third kappa shape index (κ3) is 3.23. The molecule has 0 unspecified atom stereocenters. The molecule has 6 aromatic carbocycles. The van der Waals surface area contributed by atoms with Crippen molar-refractivity contribution >= 4 is 91.6 Å². The second kappa shape index (κ2) is 8.44. The van der Waals surface area contributed by atoms with Gasteiger partial charge < -0.3 is 4.57 Å². The van der Waals surface area contributed by atoms with E-state index in [0.29, 0.717) is 0 Å². The maximum absolute atomic E-state index is 6.56. The Morgan fingerprint density at radius 3 is 2.24 bits per heavy atom. The van der Waals surface area contributed by atoms with Gasteiger partial charge in [-0.3, -0.25) is 0 Å². The first kappa shape index (κ1) is 22.4. The summed E-state index contributed by atoms with van der Waals surface area (Å²) in [6.45, 7) is 0. The van der Waals surface area contributed by atoms with Gasteiger partial charge in [-0.25, -0.2) is 0 Å². The van der Waals surface area contributed by atoms with E-state index in [-0.39, 0.29) is 0 Å². The highest BCUT2D eigenvalue weighted by atomic mass is 79.9. The molecule has 0 radical (unpaired) electrons.